The van der Waals surface area contributed by atoms with Gasteiger partial charge in [0.1, 0.15) is 11.2 Å². The summed E-state index contributed by atoms with van der Waals surface area (Å²) in [5, 5.41) is 2.13. The Balaban J connectivity index is 0.958. The normalized spacial score (nSPS) is 12.4. The Morgan fingerprint density at radius 3 is 1.31 bits per heavy atom. The summed E-state index contributed by atoms with van der Waals surface area (Å²) in [5.74, 6) is 1.41. The van der Waals surface area contributed by atoms with Crippen LogP contribution in [0, 0.1) is 0 Å². The Morgan fingerprint density at radius 2 is 0.774 bits per heavy atom. The Bertz CT molecular complexity index is 3310. The van der Waals surface area contributed by atoms with Crippen molar-refractivity contribution in [3.8, 4) is 78.7 Å². The molecule has 0 bridgehead atoms. The minimum Gasteiger partial charge on any atom is -0.456 e. The van der Waals surface area contributed by atoms with Gasteiger partial charge in [0.15, 0.2) is 11.6 Å². The van der Waals surface area contributed by atoms with E-state index in [4.69, 9.17) is 24.4 Å². The van der Waals surface area contributed by atoms with Crippen molar-refractivity contribution in [2.24, 2.45) is 0 Å². The molecule has 7 aromatic carbocycles. The highest BCUT2D eigenvalue weighted by Gasteiger charge is 2.16. The number of nitrogens with zero attached hydrogens (tertiary/aromatic N) is 4. The van der Waals surface area contributed by atoms with Crippen molar-refractivity contribution in [3.05, 3.63) is 224 Å². The molecule has 10 aromatic rings. The first-order valence-electron chi connectivity index (χ1n) is 20.8. The molecule has 0 N–H and O–H groups in total. The fourth-order valence-corrected chi connectivity index (χ4v) is 8.15. The summed E-state index contributed by atoms with van der Waals surface area (Å²) >= 11 is 0. The second-order valence-corrected chi connectivity index (χ2v) is 15.4. The molecule has 0 atom stereocenters. The molecular formula is C57H38N4O. The van der Waals surface area contributed by atoms with Crippen molar-refractivity contribution in [1.82, 2.24) is 19.9 Å². The van der Waals surface area contributed by atoms with Gasteiger partial charge in [-0.3, -0.25) is 0 Å². The summed E-state index contributed by atoms with van der Waals surface area (Å²) in [6.07, 6.45) is 11.4. The van der Waals surface area contributed by atoms with Crippen molar-refractivity contribution in [2.45, 2.75) is 6.42 Å². The van der Waals surface area contributed by atoms with Crippen molar-refractivity contribution < 1.29 is 4.42 Å². The maximum absolute atomic E-state index is 6.42. The number of furan rings is 1. The topological polar surface area (TPSA) is 64.7 Å². The lowest BCUT2D eigenvalue weighted by Gasteiger charge is -2.11. The Hall–Kier alpha value is -8.28. The van der Waals surface area contributed by atoms with Crippen LogP contribution in [-0.4, -0.2) is 19.9 Å². The molecule has 0 saturated heterocycles. The first-order chi connectivity index (χ1) is 30.7. The number of hydrogen-bond acceptors (Lipinski definition) is 5. The summed E-state index contributed by atoms with van der Waals surface area (Å²) in [4.78, 5) is 20.2. The maximum atomic E-state index is 6.42. The van der Waals surface area contributed by atoms with E-state index in [1.165, 1.54) is 0 Å². The van der Waals surface area contributed by atoms with Gasteiger partial charge in [-0.1, -0.05) is 170 Å². The highest BCUT2D eigenvalue weighted by atomic mass is 16.3. The molecule has 3 heterocycles. The summed E-state index contributed by atoms with van der Waals surface area (Å²) < 4.78 is 6.42. The molecule has 0 spiro atoms. The lowest BCUT2D eigenvalue weighted by Crippen LogP contribution is -1.98. The second kappa shape index (κ2) is 16.1. The molecule has 1 aliphatic rings. The SMILES string of the molecule is C1=CCC=C(c2nc(-c3ccccc3)cc(-c3cccc(-c4ccc5oc6ccc(-c7cccc(-c8cc(-c9ccccc9)nc(-c9ccccc9)n8)c7)cc6c5c4)c3)n2)C=C1. The van der Waals surface area contributed by atoms with Gasteiger partial charge in [0, 0.05) is 44.2 Å². The number of allylic oxidation sites excluding steroid dienone is 6. The molecule has 0 fully saturated rings. The average Bonchev–Trinajstić information content (AvgIpc) is 3.49. The van der Waals surface area contributed by atoms with Crippen molar-refractivity contribution in [3.63, 3.8) is 0 Å². The molecule has 0 radical (unpaired) electrons. The van der Waals surface area contributed by atoms with Gasteiger partial charge in [-0.25, -0.2) is 19.9 Å². The number of aromatic nitrogens is 4. The number of benzene rings is 7. The van der Waals surface area contributed by atoms with Crippen LogP contribution in [0.3, 0.4) is 0 Å². The van der Waals surface area contributed by atoms with E-state index in [1.807, 2.05) is 54.6 Å². The number of rotatable bonds is 8. The van der Waals surface area contributed by atoms with Crippen LogP contribution in [0.1, 0.15) is 12.2 Å². The predicted molar refractivity (Wildman–Crippen MR) is 254 cm³/mol. The van der Waals surface area contributed by atoms with Crippen molar-refractivity contribution in [2.75, 3.05) is 0 Å². The maximum Gasteiger partial charge on any atom is 0.160 e. The molecule has 5 nitrogen and oxygen atoms in total. The Morgan fingerprint density at radius 1 is 0.339 bits per heavy atom. The fraction of sp³-hybridized carbons (Fsp3) is 0.0175. The van der Waals surface area contributed by atoms with Gasteiger partial charge in [-0.15, -0.1) is 0 Å². The molecule has 62 heavy (non-hydrogen) atoms. The van der Waals surface area contributed by atoms with E-state index in [1.54, 1.807) is 0 Å². The van der Waals surface area contributed by atoms with E-state index < -0.39 is 0 Å². The fourth-order valence-electron chi connectivity index (χ4n) is 8.15. The number of hydrogen-bond donors (Lipinski definition) is 0. The van der Waals surface area contributed by atoms with Gasteiger partial charge in [0.2, 0.25) is 0 Å². The van der Waals surface area contributed by atoms with Crippen LogP contribution >= 0.6 is 0 Å². The third kappa shape index (κ3) is 7.33. The molecule has 0 aliphatic heterocycles. The molecule has 11 rings (SSSR count). The van der Waals surface area contributed by atoms with Gasteiger partial charge in [-0.05, 0) is 77.2 Å². The summed E-state index contributed by atoms with van der Waals surface area (Å²) in [6.45, 7) is 0. The highest BCUT2D eigenvalue weighted by Crippen LogP contribution is 2.37. The van der Waals surface area contributed by atoms with E-state index >= 15 is 0 Å². The zero-order valence-electron chi connectivity index (χ0n) is 33.7. The first kappa shape index (κ1) is 36.8. The lowest BCUT2D eigenvalue weighted by atomic mass is 9.97. The van der Waals surface area contributed by atoms with Gasteiger partial charge >= 0.3 is 0 Å². The van der Waals surface area contributed by atoms with Crippen LogP contribution in [0.2, 0.25) is 0 Å². The minimum atomic E-state index is 0.696. The van der Waals surface area contributed by atoms with Gasteiger partial charge < -0.3 is 4.42 Å². The molecular weight excluding hydrogens is 757 g/mol. The third-order valence-corrected chi connectivity index (χ3v) is 11.3. The standard InChI is InChI=1S/C57H38N4O/c1-2-7-21-40(20-6-1)56-58-50(38-16-8-3-9-17-38)36-52(60-56)46-26-14-24-42(32-46)44-28-30-54-48(34-44)49-35-45(29-31-55(49)62-54)43-25-15-27-47(33-43)53-37-51(39-18-10-4-11-19-39)59-57(61-53)41-22-12-5-13-23-41/h1-6,8-37H,7H2. The lowest BCUT2D eigenvalue weighted by molar-refractivity contribution is 0.669. The average molecular weight is 795 g/mol. The smallest absolute Gasteiger partial charge is 0.160 e. The zero-order valence-corrected chi connectivity index (χ0v) is 33.7. The predicted octanol–water partition coefficient (Wildman–Crippen LogP) is 14.7. The van der Waals surface area contributed by atoms with E-state index in [-0.39, 0.29) is 0 Å². The van der Waals surface area contributed by atoms with Crippen LogP contribution in [0.25, 0.3) is 106 Å². The molecule has 5 heteroatoms. The highest BCUT2D eigenvalue weighted by molar-refractivity contribution is 6.07. The van der Waals surface area contributed by atoms with Crippen LogP contribution in [0.5, 0.6) is 0 Å². The molecule has 0 unspecified atom stereocenters. The second-order valence-electron chi connectivity index (χ2n) is 15.4. The van der Waals surface area contributed by atoms with E-state index in [9.17, 15) is 0 Å². The number of fused-ring (bicyclic) bond motifs is 3. The van der Waals surface area contributed by atoms with Gasteiger partial charge in [0.25, 0.3) is 0 Å². The van der Waals surface area contributed by atoms with Crippen LogP contribution in [0.15, 0.2) is 223 Å². The van der Waals surface area contributed by atoms with Crippen LogP contribution < -0.4 is 0 Å². The van der Waals surface area contributed by atoms with E-state index in [0.29, 0.717) is 11.6 Å². The molecule has 0 amide bonds. The van der Waals surface area contributed by atoms with Crippen molar-refractivity contribution in [1.29, 1.82) is 0 Å². The Kier molecular flexibility index (Phi) is 9.52. The van der Waals surface area contributed by atoms with E-state index in [0.717, 1.165) is 107 Å². The molecule has 0 saturated carbocycles. The zero-order chi connectivity index (χ0) is 41.2. The van der Waals surface area contributed by atoms with Crippen LogP contribution in [-0.2, 0) is 0 Å². The van der Waals surface area contributed by atoms with E-state index in [2.05, 4.69) is 164 Å². The summed E-state index contributed by atoms with van der Waals surface area (Å²) in [7, 11) is 0. The summed E-state index contributed by atoms with van der Waals surface area (Å²) in [5.41, 5.74) is 15.7. The van der Waals surface area contributed by atoms with Gasteiger partial charge in [0.05, 0.1) is 22.8 Å². The third-order valence-electron chi connectivity index (χ3n) is 11.3. The first-order valence-corrected chi connectivity index (χ1v) is 20.8. The monoisotopic (exact) mass is 794 g/mol. The quantitative estimate of drug-likeness (QED) is 0.153. The molecule has 292 valence electrons. The molecule has 3 aromatic heterocycles. The van der Waals surface area contributed by atoms with Crippen molar-refractivity contribution >= 4 is 27.5 Å². The molecule has 1 aliphatic carbocycles. The van der Waals surface area contributed by atoms with Crippen LogP contribution in [0.4, 0.5) is 0 Å². The summed E-state index contributed by atoms with van der Waals surface area (Å²) in [6, 6.07) is 65.1. The van der Waals surface area contributed by atoms with Gasteiger partial charge in [-0.2, -0.15) is 0 Å². The minimum absolute atomic E-state index is 0.696. The largest absolute Gasteiger partial charge is 0.456 e. The Labute approximate surface area is 359 Å².